The van der Waals surface area contributed by atoms with E-state index >= 15 is 0 Å². The maximum absolute atomic E-state index is 10.2. The van der Waals surface area contributed by atoms with Crippen LogP contribution in [-0.2, 0) is 10.1 Å². The molecule has 4 nitrogen and oxygen atoms in total. The fourth-order valence-electron chi connectivity index (χ4n) is 2.80. The predicted octanol–water partition coefficient (Wildman–Crippen LogP) is 6.31. The molecule has 0 heterocycles. The van der Waals surface area contributed by atoms with Crippen molar-refractivity contribution in [2.75, 3.05) is 26.4 Å². The smallest absolute Gasteiger partial charge is 0.264 e. The van der Waals surface area contributed by atoms with E-state index in [1.165, 1.54) is 70.8 Å². The van der Waals surface area contributed by atoms with Crippen molar-refractivity contribution >= 4 is 10.1 Å². The second-order valence-electron chi connectivity index (χ2n) is 7.69. The fraction of sp³-hybridized carbons (Fsp3) is 1.00. The van der Waals surface area contributed by atoms with Gasteiger partial charge in [-0.05, 0) is 33.5 Å². The van der Waals surface area contributed by atoms with Crippen LogP contribution in [0.5, 0.6) is 0 Å². The molecule has 0 saturated carbocycles. The van der Waals surface area contributed by atoms with E-state index < -0.39 is 10.1 Å². The number of hydrogen-bond donors (Lipinski definition) is 1. The predicted molar refractivity (Wildman–Crippen MR) is 116 cm³/mol. The van der Waals surface area contributed by atoms with Crippen LogP contribution >= 0.6 is 0 Å². The zero-order valence-corrected chi connectivity index (χ0v) is 19.0. The van der Waals surface area contributed by atoms with Crippen molar-refractivity contribution < 1.29 is 13.0 Å². The molecule has 0 spiro atoms. The van der Waals surface area contributed by atoms with Gasteiger partial charge in [0, 0.05) is 0 Å². The molecule has 0 aromatic carbocycles. The van der Waals surface area contributed by atoms with Crippen LogP contribution in [0.2, 0.25) is 0 Å². The van der Waals surface area contributed by atoms with Crippen molar-refractivity contribution in [2.45, 2.75) is 110 Å². The molecule has 1 N–H and O–H groups in total. The van der Waals surface area contributed by atoms with E-state index in [-0.39, 0.29) is 5.75 Å². The van der Waals surface area contributed by atoms with Gasteiger partial charge in [0.05, 0.1) is 5.75 Å². The van der Waals surface area contributed by atoms with Gasteiger partial charge in [-0.15, -0.1) is 0 Å². The van der Waals surface area contributed by atoms with Crippen molar-refractivity contribution in [3.05, 3.63) is 0 Å². The largest absolute Gasteiger partial charge is 0.309 e. The summed E-state index contributed by atoms with van der Waals surface area (Å²) in [6.45, 7) is 5.64. The van der Waals surface area contributed by atoms with Gasteiger partial charge >= 0.3 is 0 Å². The van der Waals surface area contributed by atoms with Gasteiger partial charge in [0.2, 0.25) is 0 Å². The maximum Gasteiger partial charge on any atom is 0.264 e. The summed E-state index contributed by atoms with van der Waals surface area (Å²) in [4.78, 5) is 2.28. The lowest BCUT2D eigenvalue weighted by Gasteiger charge is -2.08. The molecule has 0 radical (unpaired) electrons. The van der Waals surface area contributed by atoms with Gasteiger partial charge in [0.1, 0.15) is 0 Å². The average molecular weight is 394 g/mol. The van der Waals surface area contributed by atoms with Crippen LogP contribution in [-0.4, -0.2) is 44.3 Å². The lowest BCUT2D eigenvalue weighted by molar-refractivity contribution is 0.389. The third-order valence-electron chi connectivity index (χ3n) is 4.46. The summed E-state index contributed by atoms with van der Waals surface area (Å²) in [7, 11) is 0.610. The van der Waals surface area contributed by atoms with E-state index in [0.717, 1.165) is 25.7 Å². The van der Waals surface area contributed by atoms with Crippen molar-refractivity contribution in [1.82, 2.24) is 4.90 Å². The molecule has 5 heteroatoms. The van der Waals surface area contributed by atoms with Gasteiger partial charge in [-0.2, -0.15) is 8.42 Å². The minimum absolute atomic E-state index is 0.0866. The van der Waals surface area contributed by atoms with Gasteiger partial charge < -0.3 is 4.90 Å². The lowest BCUT2D eigenvalue weighted by Crippen LogP contribution is -2.12. The van der Waals surface area contributed by atoms with Crippen LogP contribution in [0.3, 0.4) is 0 Å². The van der Waals surface area contributed by atoms with Gasteiger partial charge in [0.25, 0.3) is 10.1 Å². The Morgan fingerprint density at radius 2 is 0.962 bits per heavy atom. The molecular formula is C21H47NO3S. The Morgan fingerprint density at radius 1 is 0.615 bits per heavy atom. The summed E-state index contributed by atoms with van der Waals surface area (Å²) in [5, 5.41) is 0. The van der Waals surface area contributed by atoms with E-state index in [9.17, 15) is 8.42 Å². The molecule has 0 unspecified atom stereocenters. The number of hydrogen-bond acceptors (Lipinski definition) is 3. The zero-order chi connectivity index (χ0) is 20.1. The molecule has 26 heavy (non-hydrogen) atoms. The SMILES string of the molecule is CCCCCCCCCCCCN(C)C.CCCCCCCS(=O)(=O)O. The Kier molecular flexibility index (Phi) is 22.9. The van der Waals surface area contributed by atoms with Gasteiger partial charge in [-0.1, -0.05) is 97.3 Å². The van der Waals surface area contributed by atoms with Gasteiger partial charge in [-0.25, -0.2) is 0 Å². The molecule has 0 aliphatic carbocycles. The highest BCUT2D eigenvalue weighted by molar-refractivity contribution is 7.85. The minimum Gasteiger partial charge on any atom is -0.309 e. The number of nitrogens with zero attached hydrogens (tertiary/aromatic N) is 1. The normalized spacial score (nSPS) is 11.5. The molecule has 0 rings (SSSR count). The summed E-state index contributed by atoms with van der Waals surface area (Å²) in [5.41, 5.74) is 0. The second kappa shape index (κ2) is 21.2. The zero-order valence-electron chi connectivity index (χ0n) is 18.1. The van der Waals surface area contributed by atoms with Crippen LogP contribution in [0.25, 0.3) is 0 Å². The van der Waals surface area contributed by atoms with Crippen molar-refractivity contribution in [2.24, 2.45) is 0 Å². The minimum atomic E-state index is -3.71. The number of rotatable bonds is 17. The first-order valence-electron chi connectivity index (χ1n) is 10.9. The quantitative estimate of drug-likeness (QED) is 0.232. The van der Waals surface area contributed by atoms with Crippen LogP contribution in [0.1, 0.15) is 110 Å². The van der Waals surface area contributed by atoms with Crippen molar-refractivity contribution in [3.8, 4) is 0 Å². The Labute approximate surface area is 164 Å². The summed E-state index contributed by atoms with van der Waals surface area (Å²) < 4.78 is 28.8. The summed E-state index contributed by atoms with van der Waals surface area (Å²) in [6.07, 6.45) is 19.2. The van der Waals surface area contributed by atoms with Gasteiger partial charge in [-0.3, -0.25) is 4.55 Å². The third kappa shape index (κ3) is 31.6. The lowest BCUT2D eigenvalue weighted by atomic mass is 10.1. The standard InChI is InChI=1S/C14H31N.C7H16O3S/c1-4-5-6-7-8-9-10-11-12-13-14-15(2)3;1-2-3-4-5-6-7-11(8,9)10/h4-14H2,1-3H3;2-7H2,1H3,(H,8,9,10). The van der Waals surface area contributed by atoms with E-state index in [2.05, 4.69) is 32.8 Å². The highest BCUT2D eigenvalue weighted by Crippen LogP contribution is 2.10. The highest BCUT2D eigenvalue weighted by atomic mass is 32.2. The van der Waals surface area contributed by atoms with E-state index in [4.69, 9.17) is 4.55 Å². The van der Waals surface area contributed by atoms with E-state index in [1.807, 2.05) is 0 Å². The first-order chi connectivity index (χ1) is 12.3. The second-order valence-corrected chi connectivity index (χ2v) is 9.26. The summed E-state index contributed by atoms with van der Waals surface area (Å²) in [6, 6.07) is 0. The molecule has 0 aliphatic heterocycles. The third-order valence-corrected chi connectivity index (χ3v) is 5.27. The van der Waals surface area contributed by atoms with Crippen LogP contribution in [0, 0.1) is 0 Å². The molecule has 160 valence electrons. The van der Waals surface area contributed by atoms with Crippen LogP contribution in [0.4, 0.5) is 0 Å². The first kappa shape index (κ1) is 28.1. The fourth-order valence-corrected chi connectivity index (χ4v) is 3.37. The van der Waals surface area contributed by atoms with E-state index in [0.29, 0.717) is 6.42 Å². The van der Waals surface area contributed by atoms with Crippen LogP contribution in [0.15, 0.2) is 0 Å². The van der Waals surface area contributed by atoms with Crippen molar-refractivity contribution in [3.63, 3.8) is 0 Å². The highest BCUT2D eigenvalue weighted by Gasteiger charge is 2.02. The molecule has 0 fully saturated rings. The number of unbranched alkanes of at least 4 members (excludes halogenated alkanes) is 13. The topological polar surface area (TPSA) is 57.6 Å². The van der Waals surface area contributed by atoms with Crippen molar-refractivity contribution in [1.29, 1.82) is 0 Å². The molecule has 0 saturated heterocycles. The summed E-state index contributed by atoms with van der Waals surface area (Å²) >= 11 is 0. The van der Waals surface area contributed by atoms with Crippen LogP contribution < -0.4 is 0 Å². The van der Waals surface area contributed by atoms with Gasteiger partial charge in [0.15, 0.2) is 0 Å². The molecule has 0 aromatic rings. The maximum atomic E-state index is 10.2. The average Bonchev–Trinajstić information content (AvgIpc) is 2.56. The Hall–Kier alpha value is -0.130. The molecule has 0 bridgehead atoms. The Bertz CT molecular complexity index is 356. The molecule has 0 amide bonds. The monoisotopic (exact) mass is 393 g/mol. The Balaban J connectivity index is 0. The summed E-state index contributed by atoms with van der Waals surface area (Å²) in [5.74, 6) is -0.0866. The van der Waals surface area contributed by atoms with E-state index in [1.54, 1.807) is 0 Å². The first-order valence-corrected chi connectivity index (χ1v) is 12.5. The Morgan fingerprint density at radius 3 is 1.31 bits per heavy atom. The molecular weight excluding hydrogens is 346 g/mol. The molecule has 0 atom stereocenters. The molecule has 0 aromatic heterocycles. The molecule has 0 aliphatic rings.